The third-order valence-electron chi connectivity index (χ3n) is 5.59. The second-order valence-corrected chi connectivity index (χ2v) is 12.4. The van der Waals surface area contributed by atoms with Crippen molar-refractivity contribution in [1.82, 2.24) is 10.6 Å². The van der Waals surface area contributed by atoms with E-state index in [1.165, 1.54) is 0 Å². The molecular weight excluding hydrogens is 612 g/mol. The number of anilines is 2. The summed E-state index contributed by atoms with van der Waals surface area (Å²) < 4.78 is 51.7. The summed E-state index contributed by atoms with van der Waals surface area (Å²) in [6.07, 6.45) is 1.43. The highest BCUT2D eigenvalue weighted by Crippen LogP contribution is 2.15. The quantitative estimate of drug-likeness (QED) is 0.214. The van der Waals surface area contributed by atoms with Crippen molar-refractivity contribution < 1.29 is 35.5 Å². The minimum atomic E-state index is -3.67. The van der Waals surface area contributed by atoms with Crippen LogP contribution >= 0.6 is 0 Å². The van der Waals surface area contributed by atoms with Crippen LogP contribution in [0.25, 0.3) is 0 Å². The molecule has 0 aromatic heterocycles. The van der Waals surface area contributed by atoms with Crippen LogP contribution in [0.15, 0.2) is 82.8 Å². The van der Waals surface area contributed by atoms with Crippen LogP contribution in [-0.2, 0) is 20.2 Å². The van der Waals surface area contributed by atoms with Gasteiger partial charge in [-0.05, 0) is 72.8 Å². The standard InChI is InChI=1S/C26H24N6O2.2CH4O3S/c33-25(31-21-9-5-17(6-10-21)23-27-13-14-28-23)19-1-2-20(4-3-19)26(34)32-22-11-7-18(8-12-22)24-29-15-16-30-24;2*1-5(2,3)4/h1-12H,13-16H2,(H,27,28)(H,29,30)(H,31,33)(H,32,34);2*1H3,(H,2,3,4). The highest BCUT2D eigenvalue weighted by Gasteiger charge is 2.12. The molecule has 5 rings (SSSR count). The van der Waals surface area contributed by atoms with Crippen LogP contribution in [0.1, 0.15) is 31.8 Å². The molecule has 2 aliphatic heterocycles. The number of carbonyl (C=O) groups is 2. The highest BCUT2D eigenvalue weighted by molar-refractivity contribution is 7.85. The van der Waals surface area contributed by atoms with Crippen molar-refractivity contribution in [2.45, 2.75) is 0 Å². The number of benzene rings is 3. The van der Waals surface area contributed by atoms with Gasteiger partial charge in [-0.1, -0.05) is 0 Å². The van der Waals surface area contributed by atoms with Crippen molar-refractivity contribution in [3.8, 4) is 0 Å². The predicted molar refractivity (Wildman–Crippen MR) is 169 cm³/mol. The molecule has 234 valence electrons. The third kappa shape index (κ3) is 12.3. The first kappa shape index (κ1) is 33.9. The maximum atomic E-state index is 12.6. The molecule has 16 heteroatoms. The molecule has 0 radical (unpaired) electrons. The molecule has 14 nitrogen and oxygen atoms in total. The number of hydrogen-bond acceptors (Lipinski definition) is 10. The molecule has 0 spiro atoms. The summed E-state index contributed by atoms with van der Waals surface area (Å²) in [6.45, 7) is 3.26. The lowest BCUT2D eigenvalue weighted by Gasteiger charge is -2.09. The number of carbonyl (C=O) groups excluding carboxylic acids is 2. The lowest BCUT2D eigenvalue weighted by molar-refractivity contribution is 0.101. The third-order valence-corrected chi connectivity index (χ3v) is 5.59. The second kappa shape index (κ2) is 15.2. The average Bonchev–Trinajstić information content (AvgIpc) is 3.68. The zero-order valence-electron chi connectivity index (χ0n) is 23.8. The van der Waals surface area contributed by atoms with Crippen molar-refractivity contribution in [3.05, 3.63) is 95.1 Å². The Morgan fingerprint density at radius 2 is 0.909 bits per heavy atom. The van der Waals surface area contributed by atoms with E-state index in [9.17, 15) is 26.4 Å². The van der Waals surface area contributed by atoms with Gasteiger partial charge in [-0.3, -0.25) is 28.7 Å². The van der Waals surface area contributed by atoms with Crippen LogP contribution in [0, 0.1) is 0 Å². The maximum absolute atomic E-state index is 12.6. The van der Waals surface area contributed by atoms with Gasteiger partial charge in [0.15, 0.2) is 0 Å². The van der Waals surface area contributed by atoms with Gasteiger partial charge in [-0.25, -0.2) is 0 Å². The largest absolute Gasteiger partial charge is 0.368 e. The molecule has 0 unspecified atom stereocenters. The van der Waals surface area contributed by atoms with Gasteiger partial charge in [-0.15, -0.1) is 0 Å². The fraction of sp³-hybridized carbons (Fsp3) is 0.214. The van der Waals surface area contributed by atoms with Gasteiger partial charge in [-0.2, -0.15) is 16.8 Å². The molecule has 2 heterocycles. The van der Waals surface area contributed by atoms with E-state index in [-0.39, 0.29) is 11.8 Å². The van der Waals surface area contributed by atoms with Crippen LogP contribution in [-0.4, -0.2) is 88.1 Å². The van der Waals surface area contributed by atoms with E-state index in [0.717, 1.165) is 49.0 Å². The summed E-state index contributed by atoms with van der Waals surface area (Å²) in [5.41, 5.74) is 4.30. The molecule has 0 saturated carbocycles. The first-order valence-electron chi connectivity index (χ1n) is 13.0. The Morgan fingerprint density at radius 3 is 1.16 bits per heavy atom. The molecule has 0 atom stereocenters. The number of nitrogens with zero attached hydrogens (tertiary/aromatic N) is 2. The number of rotatable bonds is 6. The number of amides is 2. The van der Waals surface area contributed by atoms with E-state index in [1.807, 2.05) is 48.5 Å². The Bertz CT molecular complexity index is 1590. The molecule has 3 aromatic rings. The Labute approximate surface area is 255 Å². The maximum Gasteiger partial charge on any atom is 0.261 e. The van der Waals surface area contributed by atoms with Crippen LogP contribution < -0.4 is 21.3 Å². The van der Waals surface area contributed by atoms with E-state index >= 15 is 0 Å². The fourth-order valence-electron chi connectivity index (χ4n) is 3.78. The molecule has 0 saturated heterocycles. The molecular formula is C28H32N6O8S2. The molecule has 3 aromatic carbocycles. The summed E-state index contributed by atoms with van der Waals surface area (Å²) >= 11 is 0. The van der Waals surface area contributed by atoms with Crippen LogP contribution in [0.4, 0.5) is 11.4 Å². The van der Waals surface area contributed by atoms with Crippen LogP contribution in [0.2, 0.25) is 0 Å². The summed E-state index contributed by atoms with van der Waals surface area (Å²) in [5.74, 6) is 1.27. The van der Waals surface area contributed by atoms with Gasteiger partial charge in [0.25, 0.3) is 32.1 Å². The lowest BCUT2D eigenvalue weighted by atomic mass is 10.1. The number of nitrogens with one attached hydrogen (secondary N) is 4. The van der Waals surface area contributed by atoms with Crippen molar-refractivity contribution in [1.29, 1.82) is 0 Å². The SMILES string of the molecule is CS(=O)(=O)O.CS(=O)(=O)O.O=C(Nc1ccc(C2=NCCN2)cc1)c1ccc(C(=O)Nc2ccc(C3=NCCN3)cc2)cc1. The monoisotopic (exact) mass is 644 g/mol. The predicted octanol–water partition coefficient (Wildman–Crippen LogP) is 1.90. The Balaban J connectivity index is 0.000000461. The number of aliphatic imine (C=N–C) groups is 2. The van der Waals surface area contributed by atoms with Crippen molar-refractivity contribution in [3.63, 3.8) is 0 Å². The fourth-order valence-corrected chi connectivity index (χ4v) is 3.78. The molecule has 0 aliphatic carbocycles. The Kier molecular flexibility index (Phi) is 11.7. The number of amidine groups is 2. The lowest BCUT2D eigenvalue weighted by Crippen LogP contribution is -2.19. The van der Waals surface area contributed by atoms with Gasteiger partial charge in [0, 0.05) is 46.7 Å². The van der Waals surface area contributed by atoms with Crippen LogP contribution in [0.3, 0.4) is 0 Å². The minimum Gasteiger partial charge on any atom is -0.368 e. The number of hydrogen-bond donors (Lipinski definition) is 6. The summed E-state index contributed by atoms with van der Waals surface area (Å²) in [6, 6.07) is 21.6. The highest BCUT2D eigenvalue weighted by atomic mass is 32.2. The van der Waals surface area contributed by atoms with Gasteiger partial charge < -0.3 is 21.3 Å². The van der Waals surface area contributed by atoms with Crippen molar-refractivity contribution in [2.75, 3.05) is 49.3 Å². The average molecular weight is 645 g/mol. The first-order chi connectivity index (χ1) is 20.7. The van der Waals surface area contributed by atoms with E-state index in [2.05, 4.69) is 31.3 Å². The second-order valence-electron chi connectivity index (χ2n) is 9.42. The van der Waals surface area contributed by atoms with Gasteiger partial charge in [0.05, 0.1) is 25.6 Å². The van der Waals surface area contributed by atoms with E-state index < -0.39 is 20.2 Å². The summed E-state index contributed by atoms with van der Waals surface area (Å²) in [4.78, 5) is 34.0. The first-order valence-corrected chi connectivity index (χ1v) is 16.7. The molecule has 6 N–H and O–H groups in total. The zero-order valence-corrected chi connectivity index (χ0v) is 25.4. The molecule has 0 bridgehead atoms. The van der Waals surface area contributed by atoms with E-state index in [1.54, 1.807) is 24.3 Å². The summed E-state index contributed by atoms with van der Waals surface area (Å²) in [5, 5.41) is 12.2. The van der Waals surface area contributed by atoms with Gasteiger partial charge in [0.1, 0.15) is 11.7 Å². The molecule has 44 heavy (non-hydrogen) atoms. The van der Waals surface area contributed by atoms with Crippen molar-refractivity contribution in [2.24, 2.45) is 9.98 Å². The normalized spacial score (nSPS) is 13.8. The smallest absolute Gasteiger partial charge is 0.261 e. The summed E-state index contributed by atoms with van der Waals surface area (Å²) in [7, 11) is -7.33. The molecule has 0 fully saturated rings. The minimum absolute atomic E-state index is 0.241. The van der Waals surface area contributed by atoms with Gasteiger partial charge >= 0.3 is 0 Å². The van der Waals surface area contributed by atoms with E-state index in [4.69, 9.17) is 9.11 Å². The molecule has 2 aliphatic rings. The Hall–Kier alpha value is -4.64. The van der Waals surface area contributed by atoms with E-state index in [0.29, 0.717) is 35.0 Å². The van der Waals surface area contributed by atoms with Gasteiger partial charge in [0.2, 0.25) is 0 Å². The topological polar surface area (TPSA) is 216 Å². The van der Waals surface area contributed by atoms with Crippen molar-refractivity contribution >= 4 is 55.1 Å². The Morgan fingerprint density at radius 1 is 0.614 bits per heavy atom. The van der Waals surface area contributed by atoms with Crippen LogP contribution in [0.5, 0.6) is 0 Å². The zero-order chi connectivity index (χ0) is 32.3. The molecule has 2 amide bonds.